The van der Waals surface area contributed by atoms with Gasteiger partial charge in [-0.1, -0.05) is 11.6 Å². The lowest BCUT2D eigenvalue weighted by Crippen LogP contribution is -2.33. The Kier molecular flexibility index (Phi) is 3.55. The molecular formula is C18H22N4O2. The summed E-state index contributed by atoms with van der Waals surface area (Å²) < 4.78 is 1.84. The number of nitrogens with one attached hydrogen (secondary N) is 1. The predicted octanol–water partition coefficient (Wildman–Crippen LogP) is 1.51. The Labute approximate surface area is 140 Å². The molecule has 126 valence electrons. The van der Waals surface area contributed by atoms with Crippen molar-refractivity contribution in [3.8, 4) is 0 Å². The first-order valence-corrected chi connectivity index (χ1v) is 8.52. The Morgan fingerprint density at radius 2 is 2.17 bits per heavy atom. The zero-order valence-electron chi connectivity index (χ0n) is 14.1. The van der Waals surface area contributed by atoms with Gasteiger partial charge < -0.3 is 10.2 Å². The van der Waals surface area contributed by atoms with Crippen LogP contribution in [0, 0.1) is 12.8 Å². The van der Waals surface area contributed by atoms with Gasteiger partial charge >= 0.3 is 0 Å². The van der Waals surface area contributed by atoms with E-state index in [-0.39, 0.29) is 17.7 Å². The van der Waals surface area contributed by atoms with Gasteiger partial charge in [-0.15, -0.1) is 0 Å². The van der Waals surface area contributed by atoms with Crippen LogP contribution in [-0.2, 0) is 23.2 Å². The first kappa shape index (κ1) is 15.2. The van der Waals surface area contributed by atoms with Crippen molar-refractivity contribution >= 4 is 22.7 Å². The smallest absolute Gasteiger partial charge is 0.225 e. The molecule has 1 saturated heterocycles. The lowest BCUT2D eigenvalue weighted by Gasteiger charge is -2.15. The molecule has 1 N–H and O–H groups in total. The molecule has 0 spiro atoms. The van der Waals surface area contributed by atoms with Crippen molar-refractivity contribution < 1.29 is 9.59 Å². The Balaban J connectivity index is 1.44. The van der Waals surface area contributed by atoms with E-state index in [0.29, 0.717) is 25.6 Å². The van der Waals surface area contributed by atoms with Crippen LogP contribution in [0.4, 0.5) is 0 Å². The molecule has 2 heterocycles. The summed E-state index contributed by atoms with van der Waals surface area (Å²) in [6.07, 6.45) is 2.50. The zero-order chi connectivity index (χ0) is 16.8. The number of amides is 2. The molecule has 0 radical (unpaired) electrons. The lowest BCUT2D eigenvalue weighted by molar-refractivity contribution is -0.129. The van der Waals surface area contributed by atoms with Gasteiger partial charge in [0, 0.05) is 31.4 Å². The van der Waals surface area contributed by atoms with Gasteiger partial charge in [-0.25, -0.2) is 0 Å². The maximum absolute atomic E-state index is 12.4. The average Bonchev–Trinajstić information content (AvgIpc) is 3.25. The summed E-state index contributed by atoms with van der Waals surface area (Å²) in [5.41, 5.74) is 3.10. The average molecular weight is 326 g/mol. The van der Waals surface area contributed by atoms with Crippen molar-refractivity contribution in [2.24, 2.45) is 13.0 Å². The Bertz CT molecular complexity index is 822. The monoisotopic (exact) mass is 326 g/mol. The van der Waals surface area contributed by atoms with Crippen molar-refractivity contribution in [1.29, 1.82) is 0 Å². The van der Waals surface area contributed by atoms with E-state index >= 15 is 0 Å². The molecule has 1 saturated carbocycles. The van der Waals surface area contributed by atoms with Crippen LogP contribution in [0.25, 0.3) is 10.9 Å². The van der Waals surface area contributed by atoms with Crippen molar-refractivity contribution in [3.63, 3.8) is 0 Å². The van der Waals surface area contributed by atoms with Crippen LogP contribution in [0.15, 0.2) is 18.2 Å². The van der Waals surface area contributed by atoms with Gasteiger partial charge in [0.2, 0.25) is 11.8 Å². The molecule has 6 heteroatoms. The fraction of sp³-hybridized carbons (Fsp3) is 0.500. The van der Waals surface area contributed by atoms with Crippen LogP contribution in [0.3, 0.4) is 0 Å². The first-order chi connectivity index (χ1) is 11.5. The highest BCUT2D eigenvalue weighted by Gasteiger charge is 2.41. The van der Waals surface area contributed by atoms with E-state index in [0.717, 1.165) is 29.4 Å². The molecule has 2 fully saturated rings. The summed E-state index contributed by atoms with van der Waals surface area (Å²) in [5, 5.41) is 8.56. The normalized spacial score (nSPS) is 20.8. The van der Waals surface area contributed by atoms with Gasteiger partial charge in [0.25, 0.3) is 0 Å². The molecule has 24 heavy (non-hydrogen) atoms. The third-order valence-electron chi connectivity index (χ3n) is 5.03. The third-order valence-corrected chi connectivity index (χ3v) is 5.03. The second-order valence-electron chi connectivity index (χ2n) is 6.99. The van der Waals surface area contributed by atoms with Crippen molar-refractivity contribution in [2.45, 2.75) is 38.8 Å². The second-order valence-corrected chi connectivity index (χ2v) is 6.99. The maximum Gasteiger partial charge on any atom is 0.225 e. The van der Waals surface area contributed by atoms with E-state index in [4.69, 9.17) is 0 Å². The molecule has 4 rings (SSSR count). The molecule has 1 aromatic carbocycles. The van der Waals surface area contributed by atoms with Gasteiger partial charge in [-0.3, -0.25) is 14.3 Å². The molecule has 1 aliphatic heterocycles. The summed E-state index contributed by atoms with van der Waals surface area (Å²) in [7, 11) is 1.91. The number of aryl methyl sites for hydroxylation is 2. The van der Waals surface area contributed by atoms with E-state index < -0.39 is 0 Å². The molecule has 1 aromatic heterocycles. The standard InChI is InChI=1S/C18H22N4O2/c1-11-3-6-16-14(7-11)15(20-21(16)2)9-19-18(24)12-8-17(23)22(10-12)13-4-5-13/h3,6-7,12-13H,4-5,8-10H2,1-2H3,(H,19,24)/t12-/m1/s1. The van der Waals surface area contributed by atoms with Crippen LogP contribution in [0.5, 0.6) is 0 Å². The highest BCUT2D eigenvalue weighted by atomic mass is 16.2. The molecule has 1 aliphatic carbocycles. The molecule has 2 amide bonds. The SMILES string of the molecule is Cc1ccc2c(c1)c(CNC(=O)[C@@H]1CC(=O)N(C3CC3)C1)nn2C. The molecule has 0 bridgehead atoms. The number of aromatic nitrogens is 2. The number of benzene rings is 1. The maximum atomic E-state index is 12.4. The van der Waals surface area contributed by atoms with E-state index in [1.807, 2.05) is 29.6 Å². The van der Waals surface area contributed by atoms with Crippen LogP contribution >= 0.6 is 0 Å². The summed E-state index contributed by atoms with van der Waals surface area (Å²) in [4.78, 5) is 26.3. The first-order valence-electron chi connectivity index (χ1n) is 8.52. The van der Waals surface area contributed by atoms with E-state index in [1.165, 1.54) is 5.56 Å². The van der Waals surface area contributed by atoms with E-state index in [9.17, 15) is 9.59 Å². The number of rotatable bonds is 4. The summed E-state index contributed by atoms with van der Waals surface area (Å²) in [6.45, 7) is 3.01. The number of carbonyl (C=O) groups excluding carboxylic acids is 2. The van der Waals surface area contributed by atoms with Gasteiger partial charge in [0.15, 0.2) is 0 Å². The van der Waals surface area contributed by atoms with Gasteiger partial charge in [0.05, 0.1) is 23.7 Å². The topological polar surface area (TPSA) is 67.2 Å². The second kappa shape index (κ2) is 5.61. The molecule has 0 unspecified atom stereocenters. The van der Waals surface area contributed by atoms with Crippen LogP contribution in [-0.4, -0.2) is 39.1 Å². The molecular weight excluding hydrogens is 304 g/mol. The summed E-state index contributed by atoms with van der Waals surface area (Å²) >= 11 is 0. The highest BCUT2D eigenvalue weighted by Crippen LogP contribution is 2.32. The lowest BCUT2D eigenvalue weighted by atomic mass is 10.1. The fourth-order valence-corrected chi connectivity index (χ4v) is 3.54. The van der Waals surface area contributed by atoms with E-state index in [2.05, 4.69) is 22.5 Å². The Hall–Kier alpha value is -2.37. The Morgan fingerprint density at radius 3 is 2.92 bits per heavy atom. The molecule has 2 aliphatic rings. The fourth-order valence-electron chi connectivity index (χ4n) is 3.54. The van der Waals surface area contributed by atoms with Crippen molar-refractivity contribution in [3.05, 3.63) is 29.5 Å². The van der Waals surface area contributed by atoms with Crippen LogP contribution in [0.1, 0.15) is 30.5 Å². The minimum atomic E-state index is -0.227. The third kappa shape index (κ3) is 2.66. The van der Waals surface area contributed by atoms with Gasteiger partial charge in [-0.2, -0.15) is 5.10 Å². The number of carbonyl (C=O) groups is 2. The largest absolute Gasteiger partial charge is 0.350 e. The number of hydrogen-bond acceptors (Lipinski definition) is 3. The number of likely N-dealkylation sites (tertiary alicyclic amines) is 1. The quantitative estimate of drug-likeness (QED) is 0.926. The highest BCUT2D eigenvalue weighted by molar-refractivity contribution is 5.90. The number of hydrogen-bond donors (Lipinski definition) is 1. The number of nitrogens with zero attached hydrogens (tertiary/aromatic N) is 3. The number of fused-ring (bicyclic) bond motifs is 1. The summed E-state index contributed by atoms with van der Waals surface area (Å²) in [6, 6.07) is 6.59. The minimum absolute atomic E-state index is 0.0436. The van der Waals surface area contributed by atoms with E-state index in [1.54, 1.807) is 0 Å². The predicted molar refractivity (Wildman–Crippen MR) is 90.1 cm³/mol. The van der Waals surface area contributed by atoms with Gasteiger partial charge in [-0.05, 0) is 31.9 Å². The van der Waals surface area contributed by atoms with Crippen molar-refractivity contribution in [2.75, 3.05) is 6.54 Å². The molecule has 2 aromatic rings. The molecule has 6 nitrogen and oxygen atoms in total. The van der Waals surface area contributed by atoms with Crippen LogP contribution < -0.4 is 5.32 Å². The summed E-state index contributed by atoms with van der Waals surface area (Å²) in [5.74, 6) is -0.149. The van der Waals surface area contributed by atoms with Crippen molar-refractivity contribution in [1.82, 2.24) is 20.0 Å². The zero-order valence-corrected chi connectivity index (χ0v) is 14.1. The minimum Gasteiger partial charge on any atom is -0.350 e. The molecule has 1 atom stereocenters. The Morgan fingerprint density at radius 1 is 1.38 bits per heavy atom. The van der Waals surface area contributed by atoms with Crippen LogP contribution in [0.2, 0.25) is 0 Å². The van der Waals surface area contributed by atoms with Gasteiger partial charge in [0.1, 0.15) is 0 Å².